The summed E-state index contributed by atoms with van der Waals surface area (Å²) in [4.78, 5) is 4.18. The smallest absolute Gasteiger partial charge is 0.123 e. The van der Waals surface area contributed by atoms with E-state index >= 15 is 0 Å². The number of hydrazine groups is 1. The minimum atomic E-state index is -0.295. The molecule has 1 atom stereocenters. The third-order valence-electron chi connectivity index (χ3n) is 3.87. The van der Waals surface area contributed by atoms with Crippen LogP contribution in [0.4, 0.5) is 4.39 Å². The lowest BCUT2D eigenvalue weighted by Gasteiger charge is -2.35. The fourth-order valence-corrected chi connectivity index (χ4v) is 2.51. The van der Waals surface area contributed by atoms with Crippen molar-refractivity contribution in [1.82, 2.24) is 10.4 Å². The molecule has 0 fully saturated rings. The number of hydrogen-bond acceptors (Lipinski definition) is 3. The predicted molar refractivity (Wildman–Crippen MR) is 78.5 cm³/mol. The van der Waals surface area contributed by atoms with Crippen LogP contribution in [-0.2, 0) is 5.41 Å². The molecule has 1 unspecified atom stereocenters. The van der Waals surface area contributed by atoms with E-state index in [2.05, 4.69) is 24.3 Å². The van der Waals surface area contributed by atoms with Crippen LogP contribution in [0.1, 0.15) is 36.6 Å². The molecular formula is C16H20FN3. The van der Waals surface area contributed by atoms with Gasteiger partial charge in [0, 0.05) is 17.8 Å². The number of halogens is 1. The van der Waals surface area contributed by atoms with Gasteiger partial charge in [-0.1, -0.05) is 26.0 Å². The van der Waals surface area contributed by atoms with Gasteiger partial charge in [0.05, 0.1) is 6.04 Å². The van der Waals surface area contributed by atoms with Gasteiger partial charge in [0.25, 0.3) is 0 Å². The highest BCUT2D eigenvalue weighted by atomic mass is 19.1. The summed E-state index contributed by atoms with van der Waals surface area (Å²) in [5, 5.41) is 0. The number of aromatic nitrogens is 1. The normalized spacial score (nSPS) is 13.2. The van der Waals surface area contributed by atoms with Crippen LogP contribution in [0.3, 0.4) is 0 Å². The third kappa shape index (κ3) is 2.71. The van der Waals surface area contributed by atoms with Gasteiger partial charge in [-0.2, -0.15) is 0 Å². The zero-order valence-electron chi connectivity index (χ0n) is 12.0. The predicted octanol–water partition coefficient (Wildman–Crippen LogP) is 3.01. The van der Waals surface area contributed by atoms with Gasteiger partial charge in [-0.05, 0) is 41.8 Å². The van der Waals surface area contributed by atoms with Gasteiger partial charge < -0.3 is 0 Å². The summed E-state index contributed by atoms with van der Waals surface area (Å²) in [6, 6.07) is 8.39. The molecule has 1 aromatic heterocycles. The Labute approximate surface area is 119 Å². The lowest BCUT2D eigenvalue weighted by Crippen LogP contribution is -2.41. The Morgan fingerprint density at radius 3 is 2.40 bits per heavy atom. The van der Waals surface area contributed by atoms with Crippen molar-refractivity contribution >= 4 is 0 Å². The Kier molecular flexibility index (Phi) is 4.16. The number of nitrogens with two attached hydrogens (primary N) is 1. The first-order chi connectivity index (χ1) is 9.46. The number of nitrogens with zero attached hydrogens (tertiary/aromatic N) is 1. The largest absolute Gasteiger partial charge is 0.271 e. The van der Waals surface area contributed by atoms with Crippen molar-refractivity contribution in [2.45, 2.75) is 32.2 Å². The van der Waals surface area contributed by atoms with E-state index in [0.29, 0.717) is 0 Å². The van der Waals surface area contributed by atoms with E-state index in [-0.39, 0.29) is 17.3 Å². The van der Waals surface area contributed by atoms with Crippen molar-refractivity contribution in [2.75, 3.05) is 0 Å². The maximum Gasteiger partial charge on any atom is 0.123 e. The van der Waals surface area contributed by atoms with Crippen LogP contribution in [0.2, 0.25) is 0 Å². The number of benzene rings is 1. The summed E-state index contributed by atoms with van der Waals surface area (Å²) in [5.41, 5.74) is 5.77. The van der Waals surface area contributed by atoms with E-state index in [1.54, 1.807) is 18.3 Å². The Hall–Kier alpha value is -1.78. The SMILES string of the molecule is Cc1ccncc1C(NN)C(C)(C)c1ccc(F)cc1. The van der Waals surface area contributed by atoms with Gasteiger partial charge in [0.1, 0.15) is 5.82 Å². The molecule has 0 aliphatic heterocycles. The summed E-state index contributed by atoms with van der Waals surface area (Å²) in [6.07, 6.45) is 3.59. The average molecular weight is 273 g/mol. The fourth-order valence-electron chi connectivity index (χ4n) is 2.51. The molecule has 0 amide bonds. The summed E-state index contributed by atoms with van der Waals surface area (Å²) in [7, 11) is 0. The summed E-state index contributed by atoms with van der Waals surface area (Å²) < 4.78 is 13.1. The number of pyridine rings is 1. The van der Waals surface area contributed by atoms with Crippen LogP contribution in [0.15, 0.2) is 42.7 Å². The van der Waals surface area contributed by atoms with E-state index in [0.717, 1.165) is 16.7 Å². The van der Waals surface area contributed by atoms with Crippen LogP contribution in [-0.4, -0.2) is 4.98 Å². The molecule has 1 aromatic carbocycles. The maximum atomic E-state index is 13.1. The number of aryl methyl sites for hydroxylation is 1. The van der Waals surface area contributed by atoms with E-state index in [1.165, 1.54) is 12.1 Å². The lowest BCUT2D eigenvalue weighted by atomic mass is 9.74. The first kappa shape index (κ1) is 14.6. The molecule has 4 heteroatoms. The van der Waals surface area contributed by atoms with E-state index in [1.807, 2.05) is 19.2 Å². The first-order valence-corrected chi connectivity index (χ1v) is 6.59. The van der Waals surface area contributed by atoms with Crippen molar-refractivity contribution in [1.29, 1.82) is 0 Å². The monoisotopic (exact) mass is 273 g/mol. The molecule has 3 nitrogen and oxygen atoms in total. The average Bonchev–Trinajstić information content (AvgIpc) is 2.42. The lowest BCUT2D eigenvalue weighted by molar-refractivity contribution is 0.350. The van der Waals surface area contributed by atoms with Gasteiger partial charge in [-0.25, -0.2) is 4.39 Å². The molecule has 0 bridgehead atoms. The topological polar surface area (TPSA) is 50.9 Å². The number of rotatable bonds is 4. The second-order valence-corrected chi connectivity index (χ2v) is 5.56. The molecule has 0 aliphatic rings. The number of nitrogens with one attached hydrogen (secondary N) is 1. The highest BCUT2D eigenvalue weighted by Crippen LogP contribution is 2.37. The molecule has 0 aliphatic carbocycles. The van der Waals surface area contributed by atoms with Gasteiger partial charge >= 0.3 is 0 Å². The Morgan fingerprint density at radius 2 is 1.85 bits per heavy atom. The second kappa shape index (κ2) is 5.69. The van der Waals surface area contributed by atoms with Crippen molar-refractivity contribution < 1.29 is 4.39 Å². The Bertz CT molecular complexity index is 579. The van der Waals surface area contributed by atoms with Crippen molar-refractivity contribution in [3.8, 4) is 0 Å². The Morgan fingerprint density at radius 1 is 1.20 bits per heavy atom. The fraction of sp³-hybridized carbons (Fsp3) is 0.312. The second-order valence-electron chi connectivity index (χ2n) is 5.56. The van der Waals surface area contributed by atoms with Crippen LogP contribution in [0.5, 0.6) is 0 Å². The van der Waals surface area contributed by atoms with Crippen LogP contribution >= 0.6 is 0 Å². The molecule has 2 rings (SSSR count). The van der Waals surface area contributed by atoms with Crippen LogP contribution in [0.25, 0.3) is 0 Å². The van der Waals surface area contributed by atoms with Crippen molar-refractivity contribution in [2.24, 2.45) is 5.84 Å². The van der Waals surface area contributed by atoms with Gasteiger partial charge in [0.15, 0.2) is 0 Å². The third-order valence-corrected chi connectivity index (χ3v) is 3.87. The van der Waals surface area contributed by atoms with Gasteiger partial charge in [-0.15, -0.1) is 0 Å². The standard InChI is InChI=1S/C16H20FN3/c1-11-8-9-19-10-14(11)15(20-18)16(2,3)12-4-6-13(17)7-5-12/h4-10,15,20H,18H2,1-3H3. The molecule has 0 saturated carbocycles. The maximum absolute atomic E-state index is 13.1. The highest BCUT2D eigenvalue weighted by Gasteiger charge is 2.32. The van der Waals surface area contributed by atoms with E-state index in [9.17, 15) is 4.39 Å². The van der Waals surface area contributed by atoms with Gasteiger partial charge in [-0.3, -0.25) is 16.3 Å². The zero-order valence-corrected chi connectivity index (χ0v) is 12.0. The number of hydrogen-bond donors (Lipinski definition) is 2. The quantitative estimate of drug-likeness (QED) is 0.665. The molecule has 0 radical (unpaired) electrons. The molecule has 106 valence electrons. The highest BCUT2D eigenvalue weighted by molar-refractivity contribution is 5.34. The molecular weight excluding hydrogens is 253 g/mol. The van der Waals surface area contributed by atoms with Crippen molar-refractivity contribution in [3.05, 3.63) is 65.2 Å². The zero-order chi connectivity index (χ0) is 14.8. The molecule has 0 saturated heterocycles. The minimum absolute atomic E-state index is 0.110. The van der Waals surface area contributed by atoms with Crippen molar-refractivity contribution in [3.63, 3.8) is 0 Å². The van der Waals surface area contributed by atoms with Crippen LogP contribution in [0, 0.1) is 12.7 Å². The van der Waals surface area contributed by atoms with Gasteiger partial charge in [0.2, 0.25) is 0 Å². The summed E-state index contributed by atoms with van der Waals surface area (Å²) >= 11 is 0. The first-order valence-electron chi connectivity index (χ1n) is 6.59. The molecule has 20 heavy (non-hydrogen) atoms. The molecule has 2 aromatic rings. The van der Waals surface area contributed by atoms with E-state index in [4.69, 9.17) is 5.84 Å². The Balaban J connectivity index is 2.44. The summed E-state index contributed by atoms with van der Waals surface area (Å²) in [5.74, 6) is 5.54. The molecule has 0 spiro atoms. The minimum Gasteiger partial charge on any atom is -0.271 e. The van der Waals surface area contributed by atoms with Crippen LogP contribution < -0.4 is 11.3 Å². The summed E-state index contributed by atoms with van der Waals surface area (Å²) in [6.45, 7) is 6.19. The molecule has 1 heterocycles. The molecule has 3 N–H and O–H groups in total. The van der Waals surface area contributed by atoms with E-state index < -0.39 is 0 Å².